The molecule has 116 valence electrons. The summed E-state index contributed by atoms with van der Waals surface area (Å²) in [6.45, 7) is 3.93. The zero-order chi connectivity index (χ0) is 15.7. The lowest BCUT2D eigenvalue weighted by atomic mass is 10.1. The summed E-state index contributed by atoms with van der Waals surface area (Å²) in [6.07, 6.45) is 0.343. The molecule has 0 spiro atoms. The standard InChI is InChI=1S/C15H21NO5/c1-3-19-14(17)10-21-12-7-5-6-11(8-12)9-13(16)15(18)20-4-2/h5-8,13H,3-4,9-10,16H2,1-2H3. The number of benzene rings is 1. The first kappa shape index (κ1) is 17.0. The van der Waals surface area contributed by atoms with Gasteiger partial charge in [0.1, 0.15) is 11.8 Å². The number of carbonyl (C=O) groups excluding carboxylic acids is 2. The molecule has 0 amide bonds. The Morgan fingerprint density at radius 2 is 1.90 bits per heavy atom. The molecule has 1 rings (SSSR count). The Morgan fingerprint density at radius 3 is 2.57 bits per heavy atom. The van der Waals surface area contributed by atoms with Crippen molar-refractivity contribution >= 4 is 11.9 Å². The van der Waals surface area contributed by atoms with E-state index in [0.717, 1.165) is 5.56 Å². The van der Waals surface area contributed by atoms with E-state index >= 15 is 0 Å². The maximum atomic E-state index is 11.5. The lowest BCUT2D eigenvalue weighted by Crippen LogP contribution is -2.34. The van der Waals surface area contributed by atoms with E-state index in [1.54, 1.807) is 32.0 Å². The number of hydrogen-bond acceptors (Lipinski definition) is 6. The zero-order valence-corrected chi connectivity index (χ0v) is 12.3. The molecule has 6 nitrogen and oxygen atoms in total. The summed E-state index contributed by atoms with van der Waals surface area (Å²) < 4.78 is 14.9. The van der Waals surface area contributed by atoms with Gasteiger partial charge in [-0.1, -0.05) is 12.1 Å². The van der Waals surface area contributed by atoms with Gasteiger partial charge in [-0.3, -0.25) is 4.79 Å². The van der Waals surface area contributed by atoms with E-state index in [2.05, 4.69) is 0 Å². The van der Waals surface area contributed by atoms with E-state index < -0.39 is 18.0 Å². The second-order valence-electron chi connectivity index (χ2n) is 4.30. The van der Waals surface area contributed by atoms with Crippen molar-refractivity contribution in [1.82, 2.24) is 0 Å². The largest absolute Gasteiger partial charge is 0.482 e. The van der Waals surface area contributed by atoms with Gasteiger partial charge < -0.3 is 19.9 Å². The van der Waals surface area contributed by atoms with Gasteiger partial charge in [0.15, 0.2) is 6.61 Å². The first-order valence-corrected chi connectivity index (χ1v) is 6.86. The molecule has 1 unspecified atom stereocenters. The van der Waals surface area contributed by atoms with Crippen LogP contribution in [0.25, 0.3) is 0 Å². The highest BCUT2D eigenvalue weighted by molar-refractivity contribution is 5.75. The van der Waals surface area contributed by atoms with Crippen molar-refractivity contribution in [2.24, 2.45) is 5.73 Å². The van der Waals surface area contributed by atoms with Crippen molar-refractivity contribution in [2.45, 2.75) is 26.3 Å². The molecule has 0 aliphatic carbocycles. The second kappa shape index (κ2) is 8.97. The van der Waals surface area contributed by atoms with E-state index in [1.807, 2.05) is 6.07 Å². The van der Waals surface area contributed by atoms with Crippen LogP contribution in [0.4, 0.5) is 0 Å². The van der Waals surface area contributed by atoms with Crippen LogP contribution in [0.3, 0.4) is 0 Å². The molecular formula is C15H21NO5. The Bertz CT molecular complexity index is 475. The highest BCUT2D eigenvalue weighted by Gasteiger charge is 2.15. The molecular weight excluding hydrogens is 274 g/mol. The molecule has 0 bridgehead atoms. The normalized spacial score (nSPS) is 11.6. The molecule has 0 aliphatic rings. The van der Waals surface area contributed by atoms with Crippen LogP contribution < -0.4 is 10.5 Å². The summed E-state index contributed by atoms with van der Waals surface area (Å²) in [6, 6.07) is 6.34. The molecule has 2 N–H and O–H groups in total. The Labute approximate surface area is 124 Å². The van der Waals surface area contributed by atoms with E-state index in [9.17, 15) is 9.59 Å². The molecule has 0 saturated heterocycles. The Morgan fingerprint density at radius 1 is 1.19 bits per heavy atom. The summed E-state index contributed by atoms with van der Waals surface area (Å²) >= 11 is 0. The summed E-state index contributed by atoms with van der Waals surface area (Å²) in [5.74, 6) is -0.335. The monoisotopic (exact) mass is 295 g/mol. The van der Waals surface area contributed by atoms with E-state index in [0.29, 0.717) is 25.4 Å². The Balaban J connectivity index is 2.55. The Kier molecular flexibility index (Phi) is 7.25. The molecule has 6 heteroatoms. The van der Waals surface area contributed by atoms with Crippen LogP contribution in [0.1, 0.15) is 19.4 Å². The van der Waals surface area contributed by atoms with E-state index in [1.165, 1.54) is 0 Å². The predicted octanol–water partition coefficient (Wildman–Crippen LogP) is 1.06. The summed E-state index contributed by atoms with van der Waals surface area (Å²) in [4.78, 5) is 22.7. The molecule has 0 heterocycles. The van der Waals surface area contributed by atoms with Crippen molar-refractivity contribution in [3.05, 3.63) is 29.8 Å². The smallest absolute Gasteiger partial charge is 0.344 e. The van der Waals surface area contributed by atoms with Crippen LogP contribution in [-0.4, -0.2) is 37.8 Å². The van der Waals surface area contributed by atoms with Gasteiger partial charge in [0.25, 0.3) is 0 Å². The van der Waals surface area contributed by atoms with Crippen molar-refractivity contribution in [3.8, 4) is 5.75 Å². The minimum Gasteiger partial charge on any atom is -0.482 e. The molecule has 1 aromatic carbocycles. The van der Waals surface area contributed by atoms with Crippen LogP contribution in [0.2, 0.25) is 0 Å². The fourth-order valence-corrected chi connectivity index (χ4v) is 1.69. The second-order valence-corrected chi connectivity index (χ2v) is 4.30. The molecule has 21 heavy (non-hydrogen) atoms. The van der Waals surface area contributed by atoms with Gasteiger partial charge in [-0.2, -0.15) is 0 Å². The van der Waals surface area contributed by atoms with Gasteiger partial charge in [-0.05, 0) is 38.0 Å². The van der Waals surface area contributed by atoms with E-state index in [-0.39, 0.29) is 6.61 Å². The number of hydrogen-bond donors (Lipinski definition) is 1. The molecule has 0 saturated carbocycles. The summed E-state index contributed by atoms with van der Waals surface area (Å²) in [5, 5.41) is 0. The molecule has 0 aliphatic heterocycles. The highest BCUT2D eigenvalue weighted by atomic mass is 16.6. The number of nitrogens with two attached hydrogens (primary N) is 1. The highest BCUT2D eigenvalue weighted by Crippen LogP contribution is 2.14. The molecule has 1 aromatic rings. The molecule has 0 radical (unpaired) electrons. The lowest BCUT2D eigenvalue weighted by molar-refractivity contribution is -0.145. The maximum absolute atomic E-state index is 11.5. The fraction of sp³-hybridized carbons (Fsp3) is 0.467. The molecule has 0 aromatic heterocycles. The van der Waals surface area contributed by atoms with Gasteiger partial charge in [-0.25, -0.2) is 4.79 Å². The topological polar surface area (TPSA) is 87.9 Å². The van der Waals surface area contributed by atoms with Gasteiger partial charge in [-0.15, -0.1) is 0 Å². The van der Waals surface area contributed by atoms with Crippen LogP contribution >= 0.6 is 0 Å². The number of rotatable bonds is 8. The average Bonchev–Trinajstić information content (AvgIpc) is 2.46. The number of ether oxygens (including phenoxy) is 3. The zero-order valence-electron chi connectivity index (χ0n) is 12.3. The van der Waals surface area contributed by atoms with Gasteiger partial charge in [0.05, 0.1) is 13.2 Å². The van der Waals surface area contributed by atoms with Crippen LogP contribution in [0, 0.1) is 0 Å². The van der Waals surface area contributed by atoms with Crippen LogP contribution in [-0.2, 0) is 25.5 Å². The minimum atomic E-state index is -0.717. The van der Waals surface area contributed by atoms with Crippen LogP contribution in [0.15, 0.2) is 24.3 Å². The van der Waals surface area contributed by atoms with Crippen molar-refractivity contribution < 1.29 is 23.8 Å². The third-order valence-corrected chi connectivity index (χ3v) is 2.61. The SMILES string of the molecule is CCOC(=O)COc1cccc(CC(N)C(=O)OCC)c1. The first-order valence-electron chi connectivity index (χ1n) is 6.86. The summed E-state index contributed by atoms with van der Waals surface area (Å²) in [7, 11) is 0. The third-order valence-electron chi connectivity index (χ3n) is 2.61. The van der Waals surface area contributed by atoms with Crippen molar-refractivity contribution in [3.63, 3.8) is 0 Å². The van der Waals surface area contributed by atoms with Gasteiger partial charge in [0.2, 0.25) is 0 Å². The lowest BCUT2D eigenvalue weighted by Gasteiger charge is -2.11. The third kappa shape index (κ3) is 6.27. The van der Waals surface area contributed by atoms with Crippen molar-refractivity contribution in [2.75, 3.05) is 19.8 Å². The van der Waals surface area contributed by atoms with E-state index in [4.69, 9.17) is 19.9 Å². The summed E-state index contributed by atoms with van der Waals surface area (Å²) in [5.41, 5.74) is 6.59. The van der Waals surface area contributed by atoms with Crippen molar-refractivity contribution in [1.29, 1.82) is 0 Å². The maximum Gasteiger partial charge on any atom is 0.344 e. The molecule has 1 atom stereocenters. The minimum absolute atomic E-state index is 0.152. The average molecular weight is 295 g/mol. The quantitative estimate of drug-likeness (QED) is 0.722. The molecule has 0 fully saturated rings. The number of carbonyl (C=O) groups is 2. The van der Waals surface area contributed by atoms with Crippen LogP contribution in [0.5, 0.6) is 5.75 Å². The Hall–Kier alpha value is -2.08. The fourth-order valence-electron chi connectivity index (χ4n) is 1.69. The predicted molar refractivity (Wildman–Crippen MR) is 76.9 cm³/mol. The van der Waals surface area contributed by atoms with Gasteiger partial charge >= 0.3 is 11.9 Å². The first-order chi connectivity index (χ1) is 10.1. The van der Waals surface area contributed by atoms with Gasteiger partial charge in [0, 0.05) is 0 Å². The number of esters is 2.